The Balaban J connectivity index is 1.79. The van der Waals surface area contributed by atoms with Crippen molar-refractivity contribution in [2.24, 2.45) is 0 Å². The molecule has 100 valence electrons. The third-order valence-electron chi connectivity index (χ3n) is 2.68. The normalized spacial score (nSPS) is 10.5. The number of nitrogens with one attached hydrogen (secondary N) is 1. The minimum Gasteiger partial charge on any atom is -0.384 e. The van der Waals surface area contributed by atoms with E-state index in [2.05, 4.69) is 46.5 Å². The fourth-order valence-corrected chi connectivity index (χ4v) is 2.57. The number of hydrogen-bond donors (Lipinski definition) is 1. The van der Waals surface area contributed by atoms with Crippen LogP contribution >= 0.6 is 11.8 Å². The first-order valence-electron chi connectivity index (χ1n) is 6.39. The van der Waals surface area contributed by atoms with E-state index in [9.17, 15) is 0 Å². The van der Waals surface area contributed by atoms with Gasteiger partial charge in [-0.1, -0.05) is 29.5 Å². The first kappa shape index (κ1) is 13.9. The molecule has 0 bridgehead atoms. The van der Waals surface area contributed by atoms with Gasteiger partial charge in [0.25, 0.3) is 0 Å². The van der Waals surface area contributed by atoms with Crippen LogP contribution in [0.5, 0.6) is 0 Å². The topological polar surface area (TPSA) is 37.8 Å². The van der Waals surface area contributed by atoms with Crippen LogP contribution in [0.4, 0.5) is 5.69 Å². The molecule has 0 aliphatic rings. The summed E-state index contributed by atoms with van der Waals surface area (Å²) in [5, 5.41) is 4.26. The van der Waals surface area contributed by atoms with Crippen molar-refractivity contribution in [3.05, 3.63) is 47.3 Å². The van der Waals surface area contributed by atoms with Crippen LogP contribution in [0.2, 0.25) is 0 Å². The van der Waals surface area contributed by atoms with Crippen molar-refractivity contribution in [2.45, 2.75) is 25.9 Å². The van der Waals surface area contributed by atoms with Gasteiger partial charge in [-0.25, -0.2) is 9.97 Å². The molecular formula is C15H19N3S. The summed E-state index contributed by atoms with van der Waals surface area (Å²) in [6.07, 6.45) is 0. The second kappa shape index (κ2) is 6.57. The van der Waals surface area contributed by atoms with E-state index in [1.54, 1.807) is 11.8 Å². The summed E-state index contributed by atoms with van der Waals surface area (Å²) >= 11 is 1.69. The molecule has 0 amide bonds. The molecule has 0 aliphatic heterocycles. The lowest BCUT2D eigenvalue weighted by atomic mass is 10.2. The maximum atomic E-state index is 4.41. The number of thioether (sulfide) groups is 1. The van der Waals surface area contributed by atoms with Crippen molar-refractivity contribution in [3.8, 4) is 0 Å². The summed E-state index contributed by atoms with van der Waals surface area (Å²) in [6.45, 7) is 7.01. The third-order valence-corrected chi connectivity index (χ3v) is 3.52. The average Bonchev–Trinajstić information content (AvgIpc) is 2.36. The Bertz CT molecular complexity index is 517. The number of hydrogen-bond acceptors (Lipinski definition) is 4. The minimum absolute atomic E-state index is 0.864. The standard InChI is InChI=1S/C15H19N3S/c1-11-4-6-14(7-5-11)16-8-9-19-15-17-12(2)10-13(3)18-15/h4-7,10,16H,8-9H2,1-3H3. The van der Waals surface area contributed by atoms with Crippen LogP contribution in [0, 0.1) is 20.8 Å². The van der Waals surface area contributed by atoms with E-state index in [1.165, 1.54) is 5.56 Å². The molecule has 0 radical (unpaired) electrons. The molecular weight excluding hydrogens is 254 g/mol. The van der Waals surface area contributed by atoms with Crippen LogP contribution in [-0.2, 0) is 0 Å². The Morgan fingerprint density at radius 3 is 2.26 bits per heavy atom. The highest BCUT2D eigenvalue weighted by Gasteiger charge is 2.00. The van der Waals surface area contributed by atoms with Crippen molar-refractivity contribution in [2.75, 3.05) is 17.6 Å². The first-order chi connectivity index (χ1) is 9.13. The molecule has 0 saturated heterocycles. The van der Waals surface area contributed by atoms with Gasteiger partial charge in [0.05, 0.1) is 0 Å². The van der Waals surface area contributed by atoms with Gasteiger partial charge in [-0.15, -0.1) is 0 Å². The summed E-state index contributed by atoms with van der Waals surface area (Å²) in [5.41, 5.74) is 4.50. The summed E-state index contributed by atoms with van der Waals surface area (Å²) in [4.78, 5) is 8.83. The Morgan fingerprint density at radius 2 is 1.63 bits per heavy atom. The first-order valence-corrected chi connectivity index (χ1v) is 7.38. The van der Waals surface area contributed by atoms with E-state index in [1.807, 2.05) is 19.9 Å². The highest BCUT2D eigenvalue weighted by molar-refractivity contribution is 7.99. The number of aryl methyl sites for hydroxylation is 3. The van der Waals surface area contributed by atoms with Crippen molar-refractivity contribution >= 4 is 17.4 Å². The van der Waals surface area contributed by atoms with Gasteiger partial charge in [-0.3, -0.25) is 0 Å². The lowest BCUT2D eigenvalue weighted by Gasteiger charge is -2.06. The molecule has 0 atom stereocenters. The molecule has 0 unspecified atom stereocenters. The largest absolute Gasteiger partial charge is 0.384 e. The van der Waals surface area contributed by atoms with Gasteiger partial charge < -0.3 is 5.32 Å². The zero-order valence-corrected chi connectivity index (χ0v) is 12.4. The molecule has 0 aliphatic carbocycles. The smallest absolute Gasteiger partial charge is 0.188 e. The highest BCUT2D eigenvalue weighted by Crippen LogP contribution is 2.14. The fraction of sp³-hybridized carbons (Fsp3) is 0.333. The Labute approximate surface area is 118 Å². The van der Waals surface area contributed by atoms with E-state index >= 15 is 0 Å². The van der Waals surface area contributed by atoms with Gasteiger partial charge in [0, 0.05) is 29.4 Å². The van der Waals surface area contributed by atoms with Gasteiger partial charge >= 0.3 is 0 Å². The Morgan fingerprint density at radius 1 is 1.00 bits per heavy atom. The van der Waals surface area contributed by atoms with Gasteiger partial charge in [-0.2, -0.15) is 0 Å². The van der Waals surface area contributed by atoms with Crippen molar-refractivity contribution in [1.29, 1.82) is 0 Å². The maximum Gasteiger partial charge on any atom is 0.188 e. The predicted octanol–water partition coefficient (Wildman–Crippen LogP) is 3.61. The van der Waals surface area contributed by atoms with Crippen LogP contribution < -0.4 is 5.32 Å². The number of anilines is 1. The van der Waals surface area contributed by atoms with E-state index in [-0.39, 0.29) is 0 Å². The van der Waals surface area contributed by atoms with Gasteiger partial charge in [-0.05, 0) is 39.0 Å². The summed E-state index contributed by atoms with van der Waals surface area (Å²) in [5.74, 6) is 0.955. The number of benzene rings is 1. The van der Waals surface area contributed by atoms with Gasteiger partial charge in [0.1, 0.15) is 0 Å². The van der Waals surface area contributed by atoms with Gasteiger partial charge in [0.2, 0.25) is 0 Å². The molecule has 2 rings (SSSR count). The van der Waals surface area contributed by atoms with Crippen molar-refractivity contribution < 1.29 is 0 Å². The van der Waals surface area contributed by atoms with Crippen LogP contribution in [0.25, 0.3) is 0 Å². The summed E-state index contributed by atoms with van der Waals surface area (Å²) < 4.78 is 0. The molecule has 0 fully saturated rings. The van der Waals surface area contributed by atoms with E-state index in [4.69, 9.17) is 0 Å². The maximum absolute atomic E-state index is 4.41. The second-order valence-electron chi connectivity index (χ2n) is 4.57. The molecule has 0 spiro atoms. The summed E-state index contributed by atoms with van der Waals surface area (Å²) in [7, 11) is 0. The highest BCUT2D eigenvalue weighted by atomic mass is 32.2. The quantitative estimate of drug-likeness (QED) is 0.513. The summed E-state index contributed by atoms with van der Waals surface area (Å²) in [6, 6.07) is 10.4. The fourth-order valence-electron chi connectivity index (χ4n) is 1.77. The molecule has 1 N–H and O–H groups in total. The SMILES string of the molecule is Cc1ccc(NCCSc2nc(C)cc(C)n2)cc1. The van der Waals surface area contributed by atoms with Gasteiger partial charge in [0.15, 0.2) is 5.16 Å². The molecule has 1 heterocycles. The monoisotopic (exact) mass is 273 g/mol. The predicted molar refractivity (Wildman–Crippen MR) is 81.9 cm³/mol. The van der Waals surface area contributed by atoms with E-state index in [0.29, 0.717) is 0 Å². The van der Waals surface area contributed by atoms with Crippen LogP contribution in [0.15, 0.2) is 35.5 Å². The number of rotatable bonds is 5. The molecule has 3 nitrogen and oxygen atoms in total. The van der Waals surface area contributed by atoms with Crippen LogP contribution in [0.3, 0.4) is 0 Å². The van der Waals surface area contributed by atoms with Crippen LogP contribution in [0.1, 0.15) is 17.0 Å². The van der Waals surface area contributed by atoms with Crippen LogP contribution in [-0.4, -0.2) is 22.3 Å². The lowest BCUT2D eigenvalue weighted by molar-refractivity contribution is 0.902. The Kier molecular flexibility index (Phi) is 4.80. The molecule has 4 heteroatoms. The zero-order valence-electron chi connectivity index (χ0n) is 11.6. The van der Waals surface area contributed by atoms with E-state index < -0.39 is 0 Å². The Hall–Kier alpha value is -1.55. The second-order valence-corrected chi connectivity index (χ2v) is 5.64. The molecule has 1 aromatic carbocycles. The van der Waals surface area contributed by atoms with E-state index in [0.717, 1.165) is 34.5 Å². The molecule has 2 aromatic rings. The zero-order chi connectivity index (χ0) is 13.7. The van der Waals surface area contributed by atoms with Crippen molar-refractivity contribution in [3.63, 3.8) is 0 Å². The minimum atomic E-state index is 0.864. The molecule has 19 heavy (non-hydrogen) atoms. The number of nitrogens with zero attached hydrogens (tertiary/aromatic N) is 2. The third kappa shape index (κ3) is 4.56. The lowest BCUT2D eigenvalue weighted by Crippen LogP contribution is -2.04. The number of aromatic nitrogens is 2. The van der Waals surface area contributed by atoms with Crippen molar-refractivity contribution in [1.82, 2.24) is 9.97 Å². The molecule has 0 saturated carbocycles. The molecule has 1 aromatic heterocycles. The average molecular weight is 273 g/mol.